The first-order valence-electron chi connectivity index (χ1n) is 6.03. The van der Waals surface area contributed by atoms with Gasteiger partial charge in [-0.3, -0.25) is 9.48 Å². The summed E-state index contributed by atoms with van der Waals surface area (Å²) in [5.41, 5.74) is 0.729. The topological polar surface area (TPSA) is 68.0 Å². The van der Waals surface area contributed by atoms with Crippen LogP contribution in [0.5, 0.6) is 0 Å². The first-order chi connectivity index (χ1) is 9.24. The third kappa shape index (κ3) is 4.75. The van der Waals surface area contributed by atoms with Crippen LogP contribution in [0.4, 0.5) is 0 Å². The number of rotatable bonds is 7. The summed E-state index contributed by atoms with van der Waals surface area (Å²) in [6.07, 6.45) is 2.34. The smallest absolute Gasteiger partial charge is 0.303 e. The minimum Gasteiger partial charge on any atom is -0.481 e. The van der Waals surface area contributed by atoms with Crippen LogP contribution in [0.2, 0.25) is 0 Å². The van der Waals surface area contributed by atoms with Crippen molar-refractivity contribution in [2.24, 2.45) is 0 Å². The summed E-state index contributed by atoms with van der Waals surface area (Å²) in [6.45, 7) is 0.764. The van der Waals surface area contributed by atoms with E-state index in [1.807, 2.05) is 24.4 Å². The van der Waals surface area contributed by atoms with E-state index < -0.39 is 5.97 Å². The predicted molar refractivity (Wildman–Crippen MR) is 73.1 cm³/mol. The summed E-state index contributed by atoms with van der Waals surface area (Å²) >= 11 is 1.76. The monoisotopic (exact) mass is 277 g/mol. The molecule has 0 amide bonds. The Balaban J connectivity index is 1.76. The molecule has 0 aliphatic rings. The molecule has 6 heteroatoms. The van der Waals surface area contributed by atoms with Gasteiger partial charge >= 0.3 is 5.97 Å². The van der Waals surface area contributed by atoms with E-state index in [4.69, 9.17) is 5.11 Å². The second kappa shape index (κ2) is 6.94. The van der Waals surface area contributed by atoms with E-state index in [9.17, 15) is 4.79 Å². The van der Waals surface area contributed by atoms with Gasteiger partial charge in [-0.1, -0.05) is 23.4 Å². The fourth-order valence-electron chi connectivity index (χ4n) is 1.57. The molecule has 1 heterocycles. The second-order valence-corrected chi connectivity index (χ2v) is 5.20. The van der Waals surface area contributed by atoms with Gasteiger partial charge in [-0.15, -0.1) is 16.9 Å². The highest BCUT2D eigenvalue weighted by Crippen LogP contribution is 2.16. The van der Waals surface area contributed by atoms with Gasteiger partial charge in [-0.05, 0) is 12.1 Å². The summed E-state index contributed by atoms with van der Waals surface area (Å²) < 4.78 is 1.76. The van der Waals surface area contributed by atoms with Gasteiger partial charge in [0.25, 0.3) is 0 Å². The third-order valence-corrected chi connectivity index (χ3v) is 3.51. The molecule has 0 atom stereocenters. The van der Waals surface area contributed by atoms with Crippen LogP contribution >= 0.6 is 11.8 Å². The second-order valence-electron chi connectivity index (χ2n) is 4.03. The molecule has 2 rings (SSSR count). The number of carboxylic acid groups (broad SMARTS) is 1. The number of carboxylic acids is 1. The molecule has 19 heavy (non-hydrogen) atoms. The van der Waals surface area contributed by atoms with Gasteiger partial charge in [-0.25, -0.2) is 0 Å². The Bertz CT molecular complexity index is 528. The van der Waals surface area contributed by atoms with Crippen molar-refractivity contribution >= 4 is 17.7 Å². The molecule has 1 aromatic carbocycles. The van der Waals surface area contributed by atoms with Crippen molar-refractivity contribution in [1.82, 2.24) is 15.0 Å². The third-order valence-electron chi connectivity index (χ3n) is 2.51. The Morgan fingerprint density at radius 3 is 2.84 bits per heavy atom. The van der Waals surface area contributed by atoms with Crippen LogP contribution < -0.4 is 0 Å². The highest BCUT2D eigenvalue weighted by molar-refractivity contribution is 7.99. The van der Waals surface area contributed by atoms with Crippen molar-refractivity contribution in [1.29, 1.82) is 0 Å². The van der Waals surface area contributed by atoms with Gasteiger partial charge in [0.05, 0.1) is 18.7 Å². The maximum absolute atomic E-state index is 10.5. The number of aliphatic carboxylic acids is 1. The lowest BCUT2D eigenvalue weighted by molar-refractivity contribution is -0.136. The standard InChI is InChI=1S/C13H15N3O2S/c17-13(18)7-6-11-10-16(15-14-11)8-9-19-12-4-2-1-3-5-12/h1-5,10H,6-9H2,(H,17,18). The summed E-state index contributed by atoms with van der Waals surface area (Å²) in [5, 5.41) is 16.5. The number of benzene rings is 1. The maximum atomic E-state index is 10.5. The van der Waals surface area contributed by atoms with E-state index in [-0.39, 0.29) is 6.42 Å². The minimum absolute atomic E-state index is 0.0947. The minimum atomic E-state index is -0.811. The molecule has 0 spiro atoms. The van der Waals surface area contributed by atoms with Gasteiger partial charge in [0.1, 0.15) is 0 Å². The van der Waals surface area contributed by atoms with E-state index in [0.717, 1.165) is 18.0 Å². The van der Waals surface area contributed by atoms with Crippen LogP contribution in [0.25, 0.3) is 0 Å². The van der Waals surface area contributed by atoms with E-state index in [2.05, 4.69) is 22.4 Å². The van der Waals surface area contributed by atoms with Gasteiger partial charge in [0.15, 0.2) is 0 Å². The number of aryl methyl sites for hydroxylation is 2. The van der Waals surface area contributed by atoms with Crippen LogP contribution in [-0.4, -0.2) is 31.8 Å². The van der Waals surface area contributed by atoms with Gasteiger partial charge < -0.3 is 5.11 Å². The molecule has 0 saturated heterocycles. The Morgan fingerprint density at radius 1 is 1.32 bits per heavy atom. The molecule has 1 aromatic heterocycles. The highest BCUT2D eigenvalue weighted by Gasteiger charge is 2.04. The van der Waals surface area contributed by atoms with Crippen molar-refractivity contribution in [3.63, 3.8) is 0 Å². The quantitative estimate of drug-likeness (QED) is 0.785. The molecule has 0 aliphatic carbocycles. The summed E-state index contributed by atoms with van der Waals surface area (Å²) in [6, 6.07) is 10.2. The molecule has 2 aromatic rings. The van der Waals surface area contributed by atoms with Crippen LogP contribution in [0.15, 0.2) is 41.4 Å². The zero-order valence-corrected chi connectivity index (χ0v) is 11.2. The summed E-state index contributed by atoms with van der Waals surface area (Å²) in [5.74, 6) is 0.0975. The van der Waals surface area contributed by atoms with Crippen LogP contribution in [0.3, 0.4) is 0 Å². The number of carbonyl (C=O) groups is 1. The molecule has 0 aliphatic heterocycles. The Morgan fingerprint density at radius 2 is 2.11 bits per heavy atom. The molecule has 0 fully saturated rings. The van der Waals surface area contributed by atoms with Crippen molar-refractivity contribution < 1.29 is 9.90 Å². The van der Waals surface area contributed by atoms with Crippen LogP contribution in [-0.2, 0) is 17.8 Å². The average molecular weight is 277 g/mol. The number of thioether (sulfide) groups is 1. The predicted octanol–water partition coefficient (Wildman–Crippen LogP) is 2.09. The molecule has 1 N–H and O–H groups in total. The lowest BCUT2D eigenvalue weighted by atomic mass is 10.2. The largest absolute Gasteiger partial charge is 0.481 e. The van der Waals surface area contributed by atoms with Crippen molar-refractivity contribution in [2.45, 2.75) is 24.3 Å². The lowest BCUT2D eigenvalue weighted by Crippen LogP contribution is -2.01. The molecule has 0 bridgehead atoms. The van der Waals surface area contributed by atoms with Crippen LogP contribution in [0, 0.1) is 0 Å². The van der Waals surface area contributed by atoms with E-state index in [0.29, 0.717) is 6.42 Å². The first-order valence-corrected chi connectivity index (χ1v) is 7.01. The maximum Gasteiger partial charge on any atom is 0.303 e. The summed E-state index contributed by atoms with van der Waals surface area (Å²) in [7, 11) is 0. The number of hydrogen-bond acceptors (Lipinski definition) is 4. The van der Waals surface area contributed by atoms with E-state index in [1.54, 1.807) is 16.4 Å². The molecule has 0 unspecified atom stereocenters. The Hall–Kier alpha value is -1.82. The average Bonchev–Trinajstić information content (AvgIpc) is 2.86. The zero-order valence-electron chi connectivity index (χ0n) is 10.4. The van der Waals surface area contributed by atoms with Gasteiger partial charge in [0.2, 0.25) is 0 Å². The number of hydrogen-bond donors (Lipinski definition) is 1. The fraction of sp³-hybridized carbons (Fsp3) is 0.308. The lowest BCUT2D eigenvalue weighted by Gasteiger charge is -2.00. The SMILES string of the molecule is O=C(O)CCc1cn(CCSc2ccccc2)nn1. The molecular weight excluding hydrogens is 262 g/mol. The summed E-state index contributed by atoms with van der Waals surface area (Å²) in [4.78, 5) is 11.7. The Labute approximate surface area is 115 Å². The van der Waals surface area contributed by atoms with Gasteiger partial charge in [-0.2, -0.15) is 0 Å². The Kier molecular flexibility index (Phi) is 4.97. The van der Waals surface area contributed by atoms with E-state index in [1.165, 1.54) is 4.90 Å². The number of nitrogens with zero attached hydrogens (tertiary/aromatic N) is 3. The molecule has 100 valence electrons. The van der Waals surface area contributed by atoms with Crippen molar-refractivity contribution in [2.75, 3.05) is 5.75 Å². The van der Waals surface area contributed by atoms with Crippen LogP contribution in [0.1, 0.15) is 12.1 Å². The molecule has 0 radical (unpaired) electrons. The molecule has 5 nitrogen and oxygen atoms in total. The normalized spacial score (nSPS) is 10.5. The van der Waals surface area contributed by atoms with Crippen molar-refractivity contribution in [3.05, 3.63) is 42.2 Å². The molecular formula is C13H15N3O2S. The van der Waals surface area contributed by atoms with Crippen molar-refractivity contribution in [3.8, 4) is 0 Å². The highest BCUT2D eigenvalue weighted by atomic mass is 32.2. The van der Waals surface area contributed by atoms with E-state index >= 15 is 0 Å². The number of aromatic nitrogens is 3. The fourth-order valence-corrected chi connectivity index (χ4v) is 2.43. The molecule has 0 saturated carbocycles. The zero-order chi connectivity index (χ0) is 13.5. The van der Waals surface area contributed by atoms with Gasteiger partial charge in [0, 0.05) is 23.3 Å². The first kappa shape index (κ1) is 13.6.